The van der Waals surface area contributed by atoms with Crippen LogP contribution in [-0.4, -0.2) is 25.5 Å². The van der Waals surface area contributed by atoms with Gasteiger partial charge in [0, 0.05) is 16.8 Å². The van der Waals surface area contributed by atoms with Gasteiger partial charge in [0.1, 0.15) is 5.69 Å². The summed E-state index contributed by atoms with van der Waals surface area (Å²) in [5.74, 6) is -0.243. The van der Waals surface area contributed by atoms with Crippen LogP contribution in [0.5, 0.6) is 0 Å². The van der Waals surface area contributed by atoms with Crippen LogP contribution < -0.4 is 5.32 Å². The van der Waals surface area contributed by atoms with E-state index in [2.05, 4.69) is 10.4 Å². The smallest absolute Gasteiger partial charge is 0.259 e. The van der Waals surface area contributed by atoms with Gasteiger partial charge in [-0.15, -0.1) is 0 Å². The molecule has 5 aromatic rings. The summed E-state index contributed by atoms with van der Waals surface area (Å²) in [6.07, 6.45) is 1.79. The summed E-state index contributed by atoms with van der Waals surface area (Å²) >= 11 is 6.09. The molecule has 0 radical (unpaired) electrons. The van der Waals surface area contributed by atoms with Crippen LogP contribution in [0.2, 0.25) is 5.02 Å². The number of hydrogen-bond donors (Lipinski definition) is 1. The molecule has 0 saturated heterocycles. The number of rotatable bonds is 6. The molecule has 5 rings (SSSR count). The summed E-state index contributed by atoms with van der Waals surface area (Å²) in [6.45, 7) is 4.39. The number of para-hydroxylation sites is 1. The monoisotopic (exact) mass is 481 g/mol. The number of amides is 1. The lowest BCUT2D eigenvalue weighted by Crippen LogP contribution is -2.13. The van der Waals surface area contributed by atoms with Gasteiger partial charge in [-0.2, -0.15) is 10.2 Å². The lowest BCUT2D eigenvalue weighted by atomic mass is 10.1. The quantitative estimate of drug-likeness (QED) is 0.309. The molecule has 0 aliphatic rings. The highest BCUT2D eigenvalue weighted by Crippen LogP contribution is 2.27. The Hall–Kier alpha value is -4.16. The van der Waals surface area contributed by atoms with E-state index in [0.717, 1.165) is 28.2 Å². The number of benzene rings is 3. The molecular weight excluding hydrogens is 458 g/mol. The third-order valence-electron chi connectivity index (χ3n) is 5.84. The summed E-state index contributed by atoms with van der Waals surface area (Å²) < 4.78 is 3.63. The van der Waals surface area contributed by atoms with Gasteiger partial charge in [-0.05, 0) is 43.7 Å². The zero-order valence-corrected chi connectivity index (χ0v) is 20.2. The minimum Gasteiger partial charge on any atom is -0.319 e. The van der Waals surface area contributed by atoms with Gasteiger partial charge in [0.2, 0.25) is 0 Å². The molecule has 0 bridgehead atoms. The molecule has 0 aliphatic carbocycles. The van der Waals surface area contributed by atoms with Crippen LogP contribution in [0.4, 0.5) is 5.69 Å². The van der Waals surface area contributed by atoms with E-state index in [0.29, 0.717) is 28.5 Å². The molecule has 35 heavy (non-hydrogen) atoms. The van der Waals surface area contributed by atoms with Crippen molar-refractivity contribution in [1.82, 2.24) is 19.6 Å². The van der Waals surface area contributed by atoms with Gasteiger partial charge in [-0.1, -0.05) is 72.3 Å². The normalized spacial score (nSPS) is 10.9. The molecule has 0 atom stereocenters. The van der Waals surface area contributed by atoms with Crippen LogP contribution in [-0.2, 0) is 6.54 Å². The first-order valence-corrected chi connectivity index (χ1v) is 11.7. The van der Waals surface area contributed by atoms with Crippen molar-refractivity contribution in [2.45, 2.75) is 20.4 Å². The second-order valence-electron chi connectivity index (χ2n) is 8.33. The zero-order chi connectivity index (χ0) is 24.4. The van der Waals surface area contributed by atoms with E-state index in [-0.39, 0.29) is 5.91 Å². The molecule has 0 saturated carbocycles. The van der Waals surface area contributed by atoms with Crippen molar-refractivity contribution in [1.29, 1.82) is 0 Å². The Kier molecular flexibility index (Phi) is 6.21. The van der Waals surface area contributed by atoms with Gasteiger partial charge < -0.3 is 5.32 Å². The van der Waals surface area contributed by atoms with E-state index >= 15 is 0 Å². The predicted molar refractivity (Wildman–Crippen MR) is 139 cm³/mol. The van der Waals surface area contributed by atoms with Gasteiger partial charge in [0.25, 0.3) is 5.91 Å². The molecule has 3 aromatic carbocycles. The average molecular weight is 482 g/mol. The predicted octanol–water partition coefficient (Wildman–Crippen LogP) is 6.31. The van der Waals surface area contributed by atoms with Crippen LogP contribution in [0.3, 0.4) is 0 Å². The van der Waals surface area contributed by atoms with Crippen molar-refractivity contribution >= 4 is 23.2 Å². The van der Waals surface area contributed by atoms with Crippen molar-refractivity contribution in [3.63, 3.8) is 0 Å². The lowest BCUT2D eigenvalue weighted by molar-refractivity contribution is 0.102. The second-order valence-corrected chi connectivity index (χ2v) is 8.77. The van der Waals surface area contributed by atoms with Crippen molar-refractivity contribution in [3.05, 3.63) is 119 Å². The number of nitrogens with zero attached hydrogens (tertiary/aromatic N) is 4. The van der Waals surface area contributed by atoms with Crippen LogP contribution in [0.25, 0.3) is 16.9 Å². The number of carbonyl (C=O) groups excluding carboxylic acids is 1. The topological polar surface area (TPSA) is 64.7 Å². The molecular formula is C28H24ClN5O. The Morgan fingerprint density at radius 2 is 1.54 bits per heavy atom. The zero-order valence-electron chi connectivity index (χ0n) is 19.4. The van der Waals surface area contributed by atoms with E-state index in [1.54, 1.807) is 23.0 Å². The third-order valence-corrected chi connectivity index (χ3v) is 6.09. The number of halogens is 1. The van der Waals surface area contributed by atoms with Gasteiger partial charge in [0.05, 0.1) is 34.9 Å². The molecule has 1 amide bonds. The molecule has 0 fully saturated rings. The number of nitrogens with one attached hydrogen (secondary N) is 1. The van der Waals surface area contributed by atoms with Crippen molar-refractivity contribution in [2.75, 3.05) is 5.32 Å². The molecule has 0 aliphatic heterocycles. The van der Waals surface area contributed by atoms with Gasteiger partial charge in [-0.3, -0.25) is 9.48 Å². The molecule has 7 heteroatoms. The maximum absolute atomic E-state index is 13.6. The average Bonchev–Trinajstić information content (AvgIpc) is 3.42. The van der Waals surface area contributed by atoms with Crippen molar-refractivity contribution < 1.29 is 4.79 Å². The maximum Gasteiger partial charge on any atom is 0.259 e. The largest absolute Gasteiger partial charge is 0.319 e. The van der Waals surface area contributed by atoms with E-state index in [1.165, 1.54) is 0 Å². The minimum atomic E-state index is -0.243. The van der Waals surface area contributed by atoms with Crippen molar-refractivity contribution in [3.8, 4) is 16.9 Å². The molecule has 174 valence electrons. The number of anilines is 1. The van der Waals surface area contributed by atoms with Crippen LogP contribution in [0, 0.1) is 13.8 Å². The van der Waals surface area contributed by atoms with E-state index in [1.807, 2.05) is 91.3 Å². The molecule has 0 spiro atoms. The highest BCUT2D eigenvalue weighted by molar-refractivity contribution is 6.30. The third kappa shape index (κ3) is 4.74. The highest BCUT2D eigenvalue weighted by atomic mass is 35.5. The fourth-order valence-electron chi connectivity index (χ4n) is 4.09. The number of aromatic nitrogens is 4. The van der Waals surface area contributed by atoms with Crippen molar-refractivity contribution in [2.24, 2.45) is 0 Å². The fraction of sp³-hybridized carbons (Fsp3) is 0.107. The summed E-state index contributed by atoms with van der Waals surface area (Å²) in [5, 5.41) is 13.1. The Balaban J connectivity index is 1.50. The molecule has 6 nitrogen and oxygen atoms in total. The Morgan fingerprint density at radius 3 is 2.23 bits per heavy atom. The highest BCUT2D eigenvalue weighted by Gasteiger charge is 2.22. The molecule has 2 aromatic heterocycles. The van der Waals surface area contributed by atoms with E-state index in [4.69, 9.17) is 16.7 Å². The van der Waals surface area contributed by atoms with E-state index in [9.17, 15) is 4.79 Å². The molecule has 0 unspecified atom stereocenters. The Labute approximate surface area is 208 Å². The van der Waals surface area contributed by atoms with Crippen LogP contribution in [0.15, 0.2) is 91.1 Å². The fourth-order valence-corrected chi connectivity index (χ4v) is 4.21. The van der Waals surface area contributed by atoms with Gasteiger partial charge >= 0.3 is 0 Å². The Morgan fingerprint density at radius 1 is 0.886 bits per heavy atom. The van der Waals surface area contributed by atoms with Gasteiger partial charge in [0.15, 0.2) is 0 Å². The number of aryl methyl sites for hydroxylation is 1. The standard InChI is InChI=1S/C28H24ClN5O/c1-19-26(20(2)34(31-19)24-11-7-4-8-12-24)30-28(35)25-18-33(17-21-9-5-3-6-10-21)32-27(25)22-13-15-23(29)16-14-22/h3-16,18H,17H2,1-2H3,(H,30,35). The lowest BCUT2D eigenvalue weighted by Gasteiger charge is -2.07. The van der Waals surface area contributed by atoms with Crippen LogP contribution >= 0.6 is 11.6 Å². The molecule has 1 N–H and O–H groups in total. The second kappa shape index (κ2) is 9.60. The summed E-state index contributed by atoms with van der Waals surface area (Å²) in [7, 11) is 0. The summed E-state index contributed by atoms with van der Waals surface area (Å²) in [5.41, 5.74) is 6.22. The first-order valence-electron chi connectivity index (χ1n) is 11.3. The van der Waals surface area contributed by atoms with Crippen LogP contribution in [0.1, 0.15) is 27.3 Å². The first kappa shape index (κ1) is 22.6. The summed E-state index contributed by atoms with van der Waals surface area (Å²) in [4.78, 5) is 13.6. The van der Waals surface area contributed by atoms with Gasteiger partial charge in [-0.25, -0.2) is 4.68 Å². The minimum absolute atomic E-state index is 0.243. The molecule has 2 heterocycles. The first-order chi connectivity index (χ1) is 17.0. The SMILES string of the molecule is Cc1nn(-c2ccccc2)c(C)c1NC(=O)c1cn(Cc2ccccc2)nc1-c1ccc(Cl)cc1. The van der Waals surface area contributed by atoms with E-state index < -0.39 is 0 Å². The number of carbonyl (C=O) groups is 1. The Bertz CT molecular complexity index is 1470. The maximum atomic E-state index is 13.6. The summed E-state index contributed by atoms with van der Waals surface area (Å²) in [6, 6.07) is 27.2. The number of hydrogen-bond acceptors (Lipinski definition) is 3.